The van der Waals surface area contributed by atoms with Crippen molar-refractivity contribution in [3.05, 3.63) is 45.0 Å². The molecule has 6 heteroatoms. The van der Waals surface area contributed by atoms with Gasteiger partial charge in [0.1, 0.15) is 5.82 Å². The van der Waals surface area contributed by atoms with E-state index in [9.17, 15) is 14.3 Å². The largest absolute Gasteiger partial charge is 0.396 e. The number of aliphatic hydroxyl groups excluding tert-OH is 1. The summed E-state index contributed by atoms with van der Waals surface area (Å²) in [7, 11) is 0. The van der Waals surface area contributed by atoms with Crippen molar-refractivity contribution in [2.24, 2.45) is 5.41 Å². The Morgan fingerprint density at radius 1 is 1.40 bits per heavy atom. The fourth-order valence-corrected chi connectivity index (χ4v) is 2.86. The molecule has 1 aliphatic rings. The van der Waals surface area contributed by atoms with Crippen LogP contribution >= 0.6 is 15.9 Å². The Morgan fingerprint density at radius 3 is 2.75 bits per heavy atom. The van der Waals surface area contributed by atoms with Crippen LogP contribution in [0.2, 0.25) is 0 Å². The van der Waals surface area contributed by atoms with Crippen LogP contribution in [0, 0.1) is 11.2 Å². The first-order valence-corrected chi connectivity index (χ1v) is 7.01. The van der Waals surface area contributed by atoms with E-state index in [1.807, 2.05) is 0 Å². The van der Waals surface area contributed by atoms with Crippen LogP contribution in [0.25, 0.3) is 10.8 Å². The van der Waals surface area contributed by atoms with Crippen molar-refractivity contribution in [3.8, 4) is 0 Å². The van der Waals surface area contributed by atoms with Crippen molar-refractivity contribution in [2.45, 2.75) is 6.54 Å². The molecule has 3 rings (SSSR count). The molecule has 106 valence electrons. The van der Waals surface area contributed by atoms with Gasteiger partial charge in [0.25, 0.3) is 5.56 Å². The van der Waals surface area contributed by atoms with E-state index in [2.05, 4.69) is 15.9 Å². The highest BCUT2D eigenvalue weighted by atomic mass is 79.9. The van der Waals surface area contributed by atoms with Crippen LogP contribution in [0.15, 0.2) is 33.7 Å². The van der Waals surface area contributed by atoms with Crippen molar-refractivity contribution in [2.75, 3.05) is 19.8 Å². The van der Waals surface area contributed by atoms with Crippen molar-refractivity contribution < 1.29 is 14.2 Å². The third-order valence-electron chi connectivity index (χ3n) is 3.66. The van der Waals surface area contributed by atoms with Crippen LogP contribution in [-0.2, 0) is 11.3 Å². The lowest BCUT2D eigenvalue weighted by Gasteiger charge is -2.40. The average molecular weight is 342 g/mol. The van der Waals surface area contributed by atoms with Crippen LogP contribution in [0.3, 0.4) is 0 Å². The highest BCUT2D eigenvalue weighted by molar-refractivity contribution is 9.10. The van der Waals surface area contributed by atoms with Gasteiger partial charge in [-0.1, -0.05) is 15.9 Å². The standard InChI is InChI=1S/C14H13BrFNO3/c15-9-3-11-10(12(16)4-9)1-2-17(13(11)19)5-14(6-18)7-20-8-14/h1-4,18H,5-8H2. The van der Waals surface area contributed by atoms with E-state index in [0.29, 0.717) is 35.0 Å². The molecule has 0 bridgehead atoms. The lowest BCUT2D eigenvalue weighted by atomic mass is 9.87. The van der Waals surface area contributed by atoms with Gasteiger partial charge in [0.15, 0.2) is 0 Å². The summed E-state index contributed by atoms with van der Waals surface area (Å²) in [6, 6.07) is 4.53. The Hall–Kier alpha value is -1.24. The number of benzene rings is 1. The Bertz CT molecular complexity index is 719. The third-order valence-corrected chi connectivity index (χ3v) is 4.12. The molecule has 0 saturated carbocycles. The van der Waals surface area contributed by atoms with Gasteiger partial charge >= 0.3 is 0 Å². The van der Waals surface area contributed by atoms with E-state index in [1.54, 1.807) is 18.3 Å². The second-order valence-electron chi connectivity index (χ2n) is 5.25. The Kier molecular flexibility index (Phi) is 3.40. The molecule has 0 amide bonds. The maximum atomic E-state index is 13.8. The fraction of sp³-hybridized carbons (Fsp3) is 0.357. The molecule has 20 heavy (non-hydrogen) atoms. The number of ether oxygens (including phenoxy) is 1. The maximum absolute atomic E-state index is 13.8. The first-order chi connectivity index (χ1) is 9.54. The number of rotatable bonds is 3. The summed E-state index contributed by atoms with van der Waals surface area (Å²) in [5.74, 6) is -0.428. The Morgan fingerprint density at radius 2 is 2.15 bits per heavy atom. The molecule has 1 fully saturated rings. The molecule has 1 N–H and O–H groups in total. The molecule has 1 saturated heterocycles. The summed E-state index contributed by atoms with van der Waals surface area (Å²) in [4.78, 5) is 12.4. The van der Waals surface area contributed by atoms with Gasteiger partial charge in [-0.2, -0.15) is 0 Å². The second-order valence-corrected chi connectivity index (χ2v) is 6.16. The molecule has 2 heterocycles. The lowest BCUT2D eigenvalue weighted by molar-refractivity contribution is -0.145. The zero-order chi connectivity index (χ0) is 14.3. The number of aliphatic hydroxyl groups is 1. The minimum atomic E-state index is -0.428. The number of halogens is 2. The van der Waals surface area contributed by atoms with Crippen LogP contribution in [-0.4, -0.2) is 29.5 Å². The number of pyridine rings is 1. The van der Waals surface area contributed by atoms with Gasteiger partial charge in [0.2, 0.25) is 0 Å². The van der Waals surface area contributed by atoms with Crippen LogP contribution in [0.5, 0.6) is 0 Å². The van der Waals surface area contributed by atoms with Gasteiger partial charge in [0, 0.05) is 22.6 Å². The fourth-order valence-electron chi connectivity index (χ4n) is 2.43. The van der Waals surface area contributed by atoms with E-state index >= 15 is 0 Å². The van der Waals surface area contributed by atoms with Crippen LogP contribution in [0.4, 0.5) is 4.39 Å². The van der Waals surface area contributed by atoms with E-state index in [0.717, 1.165) is 0 Å². The number of aromatic nitrogens is 1. The van der Waals surface area contributed by atoms with Gasteiger partial charge in [-0.3, -0.25) is 4.79 Å². The molecule has 0 spiro atoms. The molecule has 0 radical (unpaired) electrons. The zero-order valence-electron chi connectivity index (χ0n) is 10.6. The van der Waals surface area contributed by atoms with Gasteiger partial charge < -0.3 is 14.4 Å². The molecular formula is C14H13BrFNO3. The molecule has 2 aromatic rings. The Balaban J connectivity index is 2.09. The predicted molar refractivity (Wildman–Crippen MR) is 76.2 cm³/mol. The quantitative estimate of drug-likeness (QED) is 0.927. The number of hydrogen-bond acceptors (Lipinski definition) is 3. The van der Waals surface area contributed by atoms with Gasteiger partial charge in [0.05, 0.1) is 30.6 Å². The highest BCUT2D eigenvalue weighted by Crippen LogP contribution is 2.29. The first kappa shape index (κ1) is 13.7. The summed E-state index contributed by atoms with van der Waals surface area (Å²) < 4.78 is 21.0. The van der Waals surface area contributed by atoms with Crippen LogP contribution in [0.1, 0.15) is 0 Å². The van der Waals surface area contributed by atoms with Crippen molar-refractivity contribution in [1.29, 1.82) is 0 Å². The molecule has 1 aromatic heterocycles. The highest BCUT2D eigenvalue weighted by Gasteiger charge is 2.38. The normalized spacial score (nSPS) is 17.1. The summed E-state index contributed by atoms with van der Waals surface area (Å²) >= 11 is 3.19. The number of hydrogen-bond donors (Lipinski definition) is 1. The van der Waals surface area contributed by atoms with Crippen molar-refractivity contribution >= 4 is 26.7 Å². The minimum Gasteiger partial charge on any atom is -0.396 e. The molecule has 1 aliphatic heterocycles. The summed E-state index contributed by atoms with van der Waals surface area (Å²) in [6.45, 7) is 1.19. The summed E-state index contributed by atoms with van der Waals surface area (Å²) in [6.07, 6.45) is 1.57. The van der Waals surface area contributed by atoms with E-state index in [1.165, 1.54) is 10.6 Å². The Labute approximate surface area is 122 Å². The molecule has 0 aliphatic carbocycles. The van der Waals surface area contributed by atoms with E-state index in [4.69, 9.17) is 4.74 Å². The van der Waals surface area contributed by atoms with E-state index in [-0.39, 0.29) is 12.2 Å². The van der Waals surface area contributed by atoms with Crippen molar-refractivity contribution in [3.63, 3.8) is 0 Å². The molecule has 0 atom stereocenters. The van der Waals surface area contributed by atoms with Gasteiger partial charge in [-0.05, 0) is 18.2 Å². The van der Waals surface area contributed by atoms with Crippen molar-refractivity contribution in [1.82, 2.24) is 4.57 Å². The summed E-state index contributed by atoms with van der Waals surface area (Å²) in [5.41, 5.74) is -0.662. The van der Waals surface area contributed by atoms with Gasteiger partial charge in [-0.15, -0.1) is 0 Å². The third kappa shape index (κ3) is 2.17. The SMILES string of the molecule is O=c1c2cc(Br)cc(F)c2ccn1CC1(CO)COC1. The topological polar surface area (TPSA) is 51.5 Å². The smallest absolute Gasteiger partial charge is 0.258 e. The molecule has 4 nitrogen and oxygen atoms in total. The van der Waals surface area contributed by atoms with Gasteiger partial charge in [-0.25, -0.2) is 4.39 Å². The molecule has 1 aromatic carbocycles. The predicted octanol–water partition coefficient (Wildman–Crippen LogP) is 1.91. The zero-order valence-corrected chi connectivity index (χ0v) is 12.2. The first-order valence-electron chi connectivity index (χ1n) is 6.21. The lowest BCUT2D eigenvalue weighted by Crippen LogP contribution is -2.50. The minimum absolute atomic E-state index is 0.0374. The molecule has 0 unspecified atom stereocenters. The molecular weight excluding hydrogens is 329 g/mol. The van der Waals surface area contributed by atoms with Crippen LogP contribution < -0.4 is 5.56 Å². The monoisotopic (exact) mass is 341 g/mol. The average Bonchev–Trinajstić information content (AvgIpc) is 2.37. The number of fused-ring (bicyclic) bond motifs is 1. The maximum Gasteiger partial charge on any atom is 0.258 e. The summed E-state index contributed by atoms with van der Waals surface area (Å²) in [5, 5.41) is 10.1. The second kappa shape index (κ2) is 4.95. The van der Waals surface area contributed by atoms with E-state index < -0.39 is 11.2 Å². The number of nitrogens with zero attached hydrogens (tertiary/aromatic N) is 1.